The number of carbonyl (C=O) groups is 3. The quantitative estimate of drug-likeness (QED) is 0.545. The first-order valence-electron chi connectivity index (χ1n) is 10.1. The van der Waals surface area contributed by atoms with Crippen LogP contribution in [0.15, 0.2) is 48.5 Å². The van der Waals surface area contributed by atoms with Gasteiger partial charge in [-0.15, -0.1) is 0 Å². The third kappa shape index (κ3) is 4.61. The molecule has 0 heterocycles. The summed E-state index contributed by atoms with van der Waals surface area (Å²) in [5.74, 6) is -2.76. The Bertz CT molecular complexity index is 966. The molecule has 0 fully saturated rings. The molecule has 3 N–H and O–H groups in total. The van der Waals surface area contributed by atoms with Gasteiger partial charge in [0.15, 0.2) is 0 Å². The van der Waals surface area contributed by atoms with Crippen molar-refractivity contribution in [2.24, 2.45) is 5.73 Å². The highest BCUT2D eigenvalue weighted by Crippen LogP contribution is 2.44. The zero-order valence-electron chi connectivity index (χ0n) is 18.2. The van der Waals surface area contributed by atoms with Gasteiger partial charge in [0.05, 0.1) is 6.42 Å². The Labute approximate surface area is 181 Å². The van der Waals surface area contributed by atoms with Crippen molar-refractivity contribution in [2.75, 3.05) is 13.7 Å². The molecule has 2 aromatic carbocycles. The largest absolute Gasteiger partial charge is 0.463 e. The molecule has 0 unspecified atom stereocenters. The number of hydrogen-bond donors (Lipinski definition) is 2. The number of rotatable bonds is 6. The second-order valence-electron chi connectivity index (χ2n) is 8.65. The molecule has 164 valence electrons. The molecular weight excluding hydrogens is 396 g/mol. The van der Waals surface area contributed by atoms with Crippen LogP contribution in [0, 0.1) is 0 Å². The van der Waals surface area contributed by atoms with Crippen molar-refractivity contribution in [3.63, 3.8) is 0 Å². The fourth-order valence-corrected chi connectivity index (χ4v) is 3.67. The molecule has 31 heavy (non-hydrogen) atoms. The second-order valence-corrected chi connectivity index (χ2v) is 8.65. The van der Waals surface area contributed by atoms with Crippen molar-refractivity contribution >= 4 is 17.8 Å². The first kappa shape index (κ1) is 22.5. The first-order chi connectivity index (χ1) is 14.6. The van der Waals surface area contributed by atoms with Crippen molar-refractivity contribution in [1.29, 1.82) is 0 Å². The number of carbonyl (C=O) groups excluding carboxylic acids is 3. The highest BCUT2D eigenvalue weighted by molar-refractivity contribution is 6.08. The molecule has 3 rings (SSSR count). The first-order valence-corrected chi connectivity index (χ1v) is 10.1. The van der Waals surface area contributed by atoms with Gasteiger partial charge in [0.2, 0.25) is 11.4 Å². The summed E-state index contributed by atoms with van der Waals surface area (Å²) < 4.78 is 10.9. The van der Waals surface area contributed by atoms with Crippen molar-refractivity contribution < 1.29 is 23.9 Å². The third-order valence-corrected chi connectivity index (χ3v) is 5.19. The molecule has 0 saturated heterocycles. The molecule has 7 nitrogen and oxygen atoms in total. The predicted molar refractivity (Wildman–Crippen MR) is 116 cm³/mol. The minimum Gasteiger partial charge on any atom is -0.463 e. The topological polar surface area (TPSA) is 108 Å². The molecular formula is C24H28N2O5. The number of fused-ring (bicyclic) bond motifs is 3. The van der Waals surface area contributed by atoms with Crippen LogP contribution >= 0.6 is 0 Å². The molecule has 0 saturated carbocycles. The standard InChI is InChI=1S/C24H28N2O5/c1-23(2,3)31-22(29)24(25,13-20(27)26-4)21(28)30-14-19-17-11-7-5-9-15(17)16-10-6-8-12-18(16)19/h5-12,19H,13-14,25H2,1-4H3,(H,26,27)/t24-/m0/s1. The number of nitrogens with two attached hydrogens (primary N) is 1. The van der Waals surface area contributed by atoms with Gasteiger partial charge in [0.1, 0.15) is 12.2 Å². The molecule has 1 aliphatic carbocycles. The highest BCUT2D eigenvalue weighted by Gasteiger charge is 2.49. The Morgan fingerprint density at radius 2 is 1.45 bits per heavy atom. The predicted octanol–water partition coefficient (Wildman–Crippen LogP) is 2.52. The molecule has 2 aromatic rings. The zero-order valence-corrected chi connectivity index (χ0v) is 18.2. The second kappa shape index (κ2) is 8.51. The zero-order chi connectivity index (χ0) is 22.8. The molecule has 0 spiro atoms. The minimum atomic E-state index is -2.25. The summed E-state index contributed by atoms with van der Waals surface area (Å²) in [7, 11) is 1.40. The summed E-state index contributed by atoms with van der Waals surface area (Å²) in [5, 5.41) is 2.38. The number of ether oxygens (including phenoxy) is 2. The van der Waals surface area contributed by atoms with Crippen molar-refractivity contribution in [3.8, 4) is 11.1 Å². The van der Waals surface area contributed by atoms with E-state index in [-0.39, 0.29) is 12.5 Å². The van der Waals surface area contributed by atoms with Crippen molar-refractivity contribution in [2.45, 2.75) is 44.2 Å². The Balaban J connectivity index is 1.84. The molecule has 0 aliphatic heterocycles. The molecule has 1 amide bonds. The van der Waals surface area contributed by atoms with Gasteiger partial charge in [0, 0.05) is 13.0 Å². The molecule has 0 bridgehead atoms. The average Bonchev–Trinajstić information content (AvgIpc) is 3.04. The lowest BCUT2D eigenvalue weighted by Crippen LogP contribution is -2.60. The lowest BCUT2D eigenvalue weighted by atomic mass is 9.95. The van der Waals surface area contributed by atoms with E-state index in [1.807, 2.05) is 48.5 Å². The number of benzene rings is 2. The van der Waals surface area contributed by atoms with E-state index in [4.69, 9.17) is 15.2 Å². The number of amides is 1. The molecule has 1 aliphatic rings. The fourth-order valence-electron chi connectivity index (χ4n) is 3.67. The maximum atomic E-state index is 13.0. The van der Waals surface area contributed by atoms with E-state index < -0.39 is 35.4 Å². The van der Waals surface area contributed by atoms with Crippen LogP contribution in [0.4, 0.5) is 0 Å². The molecule has 1 atom stereocenters. The van der Waals surface area contributed by atoms with Gasteiger partial charge in [-0.25, -0.2) is 9.59 Å². The Hall–Kier alpha value is -3.19. The summed E-state index contributed by atoms with van der Waals surface area (Å²) in [6.45, 7) is 4.96. The van der Waals surface area contributed by atoms with Gasteiger partial charge >= 0.3 is 11.9 Å². The maximum absolute atomic E-state index is 13.0. The van der Waals surface area contributed by atoms with Gasteiger partial charge in [-0.05, 0) is 43.0 Å². The number of hydrogen-bond acceptors (Lipinski definition) is 6. The fraction of sp³-hybridized carbons (Fsp3) is 0.375. The minimum absolute atomic E-state index is 0.0116. The van der Waals surface area contributed by atoms with E-state index in [1.54, 1.807) is 20.8 Å². The summed E-state index contributed by atoms with van der Waals surface area (Å²) in [6, 6.07) is 15.8. The van der Waals surface area contributed by atoms with Gasteiger partial charge in [0.25, 0.3) is 0 Å². The Morgan fingerprint density at radius 3 is 1.94 bits per heavy atom. The van der Waals surface area contributed by atoms with Crippen LogP contribution in [0.25, 0.3) is 11.1 Å². The van der Waals surface area contributed by atoms with E-state index in [0.29, 0.717) is 0 Å². The van der Waals surface area contributed by atoms with Crippen LogP contribution in [0.3, 0.4) is 0 Å². The molecule has 7 heteroatoms. The Morgan fingerprint density at radius 1 is 0.935 bits per heavy atom. The van der Waals surface area contributed by atoms with Crippen LogP contribution in [-0.2, 0) is 23.9 Å². The van der Waals surface area contributed by atoms with Crippen LogP contribution in [0.5, 0.6) is 0 Å². The van der Waals surface area contributed by atoms with Crippen molar-refractivity contribution in [1.82, 2.24) is 5.32 Å². The highest BCUT2D eigenvalue weighted by atomic mass is 16.6. The van der Waals surface area contributed by atoms with Crippen LogP contribution in [0.2, 0.25) is 0 Å². The molecule has 0 radical (unpaired) electrons. The Kier molecular flexibility index (Phi) is 6.18. The summed E-state index contributed by atoms with van der Waals surface area (Å²) in [6.07, 6.45) is -0.574. The maximum Gasteiger partial charge on any atom is 0.338 e. The van der Waals surface area contributed by atoms with Crippen LogP contribution < -0.4 is 11.1 Å². The van der Waals surface area contributed by atoms with E-state index in [1.165, 1.54) is 7.05 Å². The van der Waals surface area contributed by atoms with Crippen LogP contribution in [0.1, 0.15) is 44.2 Å². The number of nitrogens with one attached hydrogen (secondary N) is 1. The van der Waals surface area contributed by atoms with Crippen LogP contribution in [-0.4, -0.2) is 42.6 Å². The van der Waals surface area contributed by atoms with Gasteiger partial charge in [-0.1, -0.05) is 48.5 Å². The van der Waals surface area contributed by atoms with E-state index >= 15 is 0 Å². The van der Waals surface area contributed by atoms with E-state index in [0.717, 1.165) is 22.3 Å². The smallest absolute Gasteiger partial charge is 0.338 e. The lowest BCUT2D eigenvalue weighted by molar-refractivity contribution is -0.173. The monoisotopic (exact) mass is 424 g/mol. The third-order valence-electron chi connectivity index (χ3n) is 5.19. The van der Waals surface area contributed by atoms with Gasteiger partial charge < -0.3 is 20.5 Å². The van der Waals surface area contributed by atoms with Gasteiger partial charge in [-0.2, -0.15) is 0 Å². The van der Waals surface area contributed by atoms with E-state index in [2.05, 4.69) is 5.32 Å². The number of esters is 2. The summed E-state index contributed by atoms with van der Waals surface area (Å²) in [4.78, 5) is 37.7. The summed E-state index contributed by atoms with van der Waals surface area (Å²) in [5.41, 5.74) is 7.23. The SMILES string of the molecule is CNC(=O)C[C@](N)(C(=O)OCC1c2ccccc2-c2ccccc21)C(=O)OC(C)(C)C. The molecule has 0 aromatic heterocycles. The normalized spacial score (nSPS) is 14.7. The van der Waals surface area contributed by atoms with Gasteiger partial charge in [-0.3, -0.25) is 4.79 Å². The average molecular weight is 424 g/mol. The van der Waals surface area contributed by atoms with E-state index in [9.17, 15) is 14.4 Å². The van der Waals surface area contributed by atoms with Crippen molar-refractivity contribution in [3.05, 3.63) is 59.7 Å². The lowest BCUT2D eigenvalue weighted by Gasteiger charge is -2.29. The summed E-state index contributed by atoms with van der Waals surface area (Å²) >= 11 is 0.